The Kier molecular flexibility index (Phi) is 9.17. The largest absolute Gasteiger partial charge is 0.496 e. The van der Waals surface area contributed by atoms with Crippen LogP contribution in [0.1, 0.15) is 16.8 Å². The maximum absolute atomic E-state index is 5.67. The van der Waals surface area contributed by atoms with Crippen LogP contribution in [0, 0.1) is 13.8 Å². The Labute approximate surface area is 139 Å². The number of morpholine rings is 1. The summed E-state index contributed by atoms with van der Waals surface area (Å²) in [4.78, 5) is 6.88. The molecule has 1 aromatic rings. The van der Waals surface area contributed by atoms with Gasteiger partial charge in [-0.2, -0.15) is 0 Å². The number of aromatic nitrogens is 1. The second-order valence-electron chi connectivity index (χ2n) is 5.01. The number of pyridine rings is 1. The van der Waals surface area contributed by atoms with Crippen molar-refractivity contribution in [1.82, 2.24) is 9.88 Å². The van der Waals surface area contributed by atoms with Crippen LogP contribution in [-0.2, 0) is 11.3 Å². The summed E-state index contributed by atoms with van der Waals surface area (Å²) in [5, 5.41) is 0. The summed E-state index contributed by atoms with van der Waals surface area (Å²) in [5.41, 5.74) is 8.93. The van der Waals surface area contributed by atoms with Crippen LogP contribution in [0.25, 0.3) is 0 Å². The first-order valence-corrected chi connectivity index (χ1v) is 6.68. The fraction of sp³-hybridized carbons (Fsp3) is 0.643. The maximum atomic E-state index is 5.67. The standard InChI is InChI=1S/C14H23N3O2.2ClH/c1-10-7-16-13(11(2)14(10)18-3)9-17-4-5-19-12(6-15)8-17;;/h7,12H,4-6,8-9,15H2,1-3H3;2*1H. The summed E-state index contributed by atoms with van der Waals surface area (Å²) in [6, 6.07) is 0. The second-order valence-corrected chi connectivity index (χ2v) is 5.01. The lowest BCUT2D eigenvalue weighted by Gasteiger charge is -2.32. The number of halogens is 2. The van der Waals surface area contributed by atoms with Crippen LogP contribution in [0.3, 0.4) is 0 Å². The minimum Gasteiger partial charge on any atom is -0.496 e. The van der Waals surface area contributed by atoms with Gasteiger partial charge in [0.2, 0.25) is 0 Å². The summed E-state index contributed by atoms with van der Waals surface area (Å²) >= 11 is 0. The molecule has 0 amide bonds. The summed E-state index contributed by atoms with van der Waals surface area (Å²) in [5.74, 6) is 0.939. The predicted octanol–water partition coefficient (Wildman–Crippen LogP) is 1.71. The molecule has 0 saturated carbocycles. The van der Waals surface area contributed by atoms with Gasteiger partial charge in [0.1, 0.15) is 5.75 Å². The van der Waals surface area contributed by atoms with Gasteiger partial charge in [0, 0.05) is 43.5 Å². The molecule has 0 aromatic carbocycles. The van der Waals surface area contributed by atoms with Crippen molar-refractivity contribution in [2.24, 2.45) is 5.73 Å². The van der Waals surface area contributed by atoms with Gasteiger partial charge in [-0.25, -0.2) is 0 Å². The van der Waals surface area contributed by atoms with Crippen molar-refractivity contribution in [3.63, 3.8) is 0 Å². The molecule has 7 heteroatoms. The van der Waals surface area contributed by atoms with E-state index in [0.717, 1.165) is 48.8 Å². The topological polar surface area (TPSA) is 60.6 Å². The molecule has 5 nitrogen and oxygen atoms in total. The van der Waals surface area contributed by atoms with E-state index in [9.17, 15) is 0 Å². The van der Waals surface area contributed by atoms with Crippen molar-refractivity contribution < 1.29 is 9.47 Å². The Morgan fingerprint density at radius 3 is 2.76 bits per heavy atom. The lowest BCUT2D eigenvalue weighted by Crippen LogP contribution is -2.45. The van der Waals surface area contributed by atoms with Crippen molar-refractivity contribution in [3.8, 4) is 5.75 Å². The minimum atomic E-state index is 0. The van der Waals surface area contributed by atoms with E-state index in [0.29, 0.717) is 6.54 Å². The van der Waals surface area contributed by atoms with E-state index in [4.69, 9.17) is 15.2 Å². The molecule has 0 aliphatic carbocycles. The third kappa shape index (κ3) is 4.97. The van der Waals surface area contributed by atoms with Crippen LogP contribution >= 0.6 is 24.8 Å². The molecule has 1 aliphatic rings. The molecule has 21 heavy (non-hydrogen) atoms. The average molecular weight is 338 g/mol. The smallest absolute Gasteiger partial charge is 0.128 e. The first-order chi connectivity index (χ1) is 9.15. The summed E-state index contributed by atoms with van der Waals surface area (Å²) in [6.07, 6.45) is 2.02. The number of nitrogens with two attached hydrogens (primary N) is 1. The minimum absolute atomic E-state index is 0. The van der Waals surface area contributed by atoms with E-state index >= 15 is 0 Å². The van der Waals surface area contributed by atoms with Gasteiger partial charge in [0.05, 0.1) is 25.5 Å². The highest BCUT2D eigenvalue weighted by molar-refractivity contribution is 5.85. The first kappa shape index (κ1) is 20.4. The zero-order valence-corrected chi connectivity index (χ0v) is 14.4. The van der Waals surface area contributed by atoms with Crippen LogP contribution < -0.4 is 10.5 Å². The molecule has 122 valence electrons. The number of hydrogen-bond acceptors (Lipinski definition) is 5. The Morgan fingerprint density at radius 1 is 1.43 bits per heavy atom. The van der Waals surface area contributed by atoms with Crippen molar-refractivity contribution in [2.75, 3.05) is 33.4 Å². The van der Waals surface area contributed by atoms with Crippen LogP contribution in [0.2, 0.25) is 0 Å². The monoisotopic (exact) mass is 337 g/mol. The van der Waals surface area contributed by atoms with Crippen LogP contribution in [0.4, 0.5) is 0 Å². The highest BCUT2D eigenvalue weighted by Gasteiger charge is 2.21. The second kappa shape index (κ2) is 9.43. The number of rotatable bonds is 4. The molecule has 1 fully saturated rings. The van der Waals surface area contributed by atoms with Crippen molar-refractivity contribution in [2.45, 2.75) is 26.5 Å². The summed E-state index contributed by atoms with van der Waals surface area (Å²) in [6.45, 7) is 8.00. The quantitative estimate of drug-likeness (QED) is 0.906. The highest BCUT2D eigenvalue weighted by Crippen LogP contribution is 2.25. The van der Waals surface area contributed by atoms with Crippen molar-refractivity contribution in [1.29, 1.82) is 0 Å². The summed E-state index contributed by atoms with van der Waals surface area (Å²) in [7, 11) is 1.71. The highest BCUT2D eigenvalue weighted by atomic mass is 35.5. The third-order valence-electron chi connectivity index (χ3n) is 3.61. The Morgan fingerprint density at radius 2 is 2.14 bits per heavy atom. The van der Waals surface area contributed by atoms with Gasteiger partial charge in [-0.1, -0.05) is 0 Å². The normalized spacial score (nSPS) is 18.6. The van der Waals surface area contributed by atoms with E-state index in [-0.39, 0.29) is 30.9 Å². The van der Waals surface area contributed by atoms with Gasteiger partial charge in [-0.3, -0.25) is 9.88 Å². The Bertz CT molecular complexity index is 446. The van der Waals surface area contributed by atoms with Gasteiger partial charge in [0.15, 0.2) is 0 Å². The molecule has 1 aliphatic heterocycles. The number of nitrogens with zero attached hydrogens (tertiary/aromatic N) is 2. The van der Waals surface area contributed by atoms with Gasteiger partial charge in [0.25, 0.3) is 0 Å². The molecule has 2 N–H and O–H groups in total. The number of ether oxygens (including phenoxy) is 2. The zero-order chi connectivity index (χ0) is 13.8. The van der Waals surface area contributed by atoms with E-state index in [2.05, 4.69) is 16.8 Å². The summed E-state index contributed by atoms with van der Waals surface area (Å²) < 4.78 is 11.0. The van der Waals surface area contributed by atoms with Gasteiger partial charge in [-0.15, -0.1) is 24.8 Å². The van der Waals surface area contributed by atoms with Gasteiger partial charge < -0.3 is 15.2 Å². The van der Waals surface area contributed by atoms with Crippen LogP contribution in [0.5, 0.6) is 5.75 Å². The fourth-order valence-corrected chi connectivity index (χ4v) is 2.51. The van der Waals surface area contributed by atoms with Crippen LogP contribution in [0.15, 0.2) is 6.20 Å². The zero-order valence-electron chi connectivity index (χ0n) is 12.8. The lowest BCUT2D eigenvalue weighted by molar-refractivity contribution is -0.0264. The molecule has 2 rings (SSSR count). The molecule has 1 atom stereocenters. The lowest BCUT2D eigenvalue weighted by atomic mass is 10.1. The maximum Gasteiger partial charge on any atom is 0.128 e. The molecular weight excluding hydrogens is 313 g/mol. The molecule has 1 saturated heterocycles. The number of methoxy groups -OCH3 is 1. The predicted molar refractivity (Wildman–Crippen MR) is 88.8 cm³/mol. The van der Waals surface area contributed by atoms with Gasteiger partial charge >= 0.3 is 0 Å². The Hall–Kier alpha value is -0.590. The molecule has 0 spiro atoms. The van der Waals surface area contributed by atoms with Gasteiger partial charge in [-0.05, 0) is 13.8 Å². The van der Waals surface area contributed by atoms with E-state index in [1.807, 2.05) is 13.1 Å². The molecular formula is C14H25Cl2N3O2. The molecule has 2 heterocycles. The fourth-order valence-electron chi connectivity index (χ4n) is 2.51. The van der Waals surface area contributed by atoms with E-state index in [1.54, 1.807) is 7.11 Å². The third-order valence-corrected chi connectivity index (χ3v) is 3.61. The number of hydrogen-bond donors (Lipinski definition) is 1. The SMILES string of the molecule is COc1c(C)cnc(CN2CCOC(CN)C2)c1C.Cl.Cl. The average Bonchev–Trinajstić information content (AvgIpc) is 2.43. The number of aryl methyl sites for hydroxylation is 1. The molecule has 1 unspecified atom stereocenters. The van der Waals surface area contributed by atoms with E-state index < -0.39 is 0 Å². The molecule has 0 radical (unpaired) electrons. The van der Waals surface area contributed by atoms with Crippen molar-refractivity contribution >= 4 is 24.8 Å². The van der Waals surface area contributed by atoms with Crippen LogP contribution in [-0.4, -0.2) is 49.3 Å². The first-order valence-electron chi connectivity index (χ1n) is 6.68. The Balaban J connectivity index is 0.00000200. The molecule has 1 aromatic heterocycles. The molecule has 0 bridgehead atoms. The van der Waals surface area contributed by atoms with Crippen molar-refractivity contribution in [3.05, 3.63) is 23.0 Å². The van der Waals surface area contributed by atoms with E-state index in [1.165, 1.54) is 0 Å².